The number of aromatic amines is 1. The molecule has 1 saturated carbocycles. The number of rotatable bonds is 1. The third-order valence-corrected chi connectivity index (χ3v) is 6.27. The SMILES string of the molecule is O=C1C[C@H](C(=O)N2CCc3c([nH]c4ccccc34)C2)C2(CCCC2)O1. The van der Waals surface area contributed by atoms with Crippen molar-refractivity contribution in [2.24, 2.45) is 5.92 Å². The van der Waals surface area contributed by atoms with Gasteiger partial charge < -0.3 is 14.6 Å². The van der Waals surface area contributed by atoms with Crippen molar-refractivity contribution in [1.29, 1.82) is 0 Å². The Morgan fingerprint density at radius 1 is 1.24 bits per heavy atom. The zero-order valence-electron chi connectivity index (χ0n) is 14.2. The van der Waals surface area contributed by atoms with Crippen LogP contribution in [0.15, 0.2) is 24.3 Å². The summed E-state index contributed by atoms with van der Waals surface area (Å²) in [6, 6.07) is 8.30. The van der Waals surface area contributed by atoms with Crippen molar-refractivity contribution in [1.82, 2.24) is 9.88 Å². The summed E-state index contributed by atoms with van der Waals surface area (Å²) in [5.74, 6) is -0.408. The standard InChI is InChI=1S/C20H22N2O3/c23-18-11-15(20(25-18)8-3-4-9-20)19(24)22-10-7-14-13-5-1-2-6-16(13)21-17(14)12-22/h1-2,5-6,15,21H,3-4,7-12H2/t15-/m1/s1. The van der Waals surface area contributed by atoms with Crippen LogP contribution in [0.5, 0.6) is 0 Å². The van der Waals surface area contributed by atoms with Crippen molar-refractivity contribution in [3.05, 3.63) is 35.5 Å². The van der Waals surface area contributed by atoms with Crippen molar-refractivity contribution >= 4 is 22.8 Å². The summed E-state index contributed by atoms with van der Waals surface area (Å²) in [5.41, 5.74) is 3.07. The molecule has 2 aromatic rings. The van der Waals surface area contributed by atoms with E-state index in [2.05, 4.69) is 23.2 Å². The lowest BCUT2D eigenvalue weighted by molar-refractivity contribution is -0.152. The van der Waals surface area contributed by atoms with Crippen LogP contribution in [-0.2, 0) is 27.3 Å². The zero-order valence-corrected chi connectivity index (χ0v) is 14.2. The van der Waals surface area contributed by atoms with Gasteiger partial charge in [0.1, 0.15) is 5.60 Å². The number of ether oxygens (including phenoxy) is 1. The van der Waals surface area contributed by atoms with Gasteiger partial charge in [-0.25, -0.2) is 0 Å². The first kappa shape index (κ1) is 15.0. The minimum atomic E-state index is -0.519. The van der Waals surface area contributed by atoms with Crippen LogP contribution >= 0.6 is 0 Å². The second-order valence-corrected chi connectivity index (χ2v) is 7.64. The molecule has 1 aromatic carbocycles. The lowest BCUT2D eigenvalue weighted by Gasteiger charge is -2.34. The van der Waals surface area contributed by atoms with E-state index in [1.165, 1.54) is 10.9 Å². The molecule has 1 spiro atoms. The highest BCUT2D eigenvalue weighted by molar-refractivity contribution is 5.89. The number of nitrogens with one attached hydrogen (secondary N) is 1. The lowest BCUT2D eigenvalue weighted by atomic mass is 9.84. The van der Waals surface area contributed by atoms with Crippen molar-refractivity contribution in [2.75, 3.05) is 6.54 Å². The summed E-state index contributed by atoms with van der Waals surface area (Å²) in [6.07, 6.45) is 4.86. The molecule has 130 valence electrons. The minimum absolute atomic E-state index is 0.0945. The van der Waals surface area contributed by atoms with Gasteiger partial charge in [-0.05, 0) is 43.7 Å². The monoisotopic (exact) mass is 338 g/mol. The number of carbonyl (C=O) groups excluding carboxylic acids is 2. The summed E-state index contributed by atoms with van der Waals surface area (Å²) in [6.45, 7) is 1.32. The molecule has 1 atom stereocenters. The van der Waals surface area contributed by atoms with Crippen molar-refractivity contribution in [3.63, 3.8) is 0 Å². The number of para-hydroxylation sites is 1. The number of hydrogen-bond donors (Lipinski definition) is 1. The van der Waals surface area contributed by atoms with Crippen LogP contribution in [0, 0.1) is 5.92 Å². The third-order valence-electron chi connectivity index (χ3n) is 6.27. The molecule has 0 radical (unpaired) electrons. The molecule has 5 nitrogen and oxygen atoms in total. The molecule has 1 aliphatic carbocycles. The average Bonchev–Trinajstić information content (AvgIpc) is 3.31. The molecule has 0 bridgehead atoms. The molecule has 25 heavy (non-hydrogen) atoms. The predicted octanol–water partition coefficient (Wildman–Crippen LogP) is 2.93. The van der Waals surface area contributed by atoms with Gasteiger partial charge in [0.05, 0.1) is 18.9 Å². The molecule has 2 fully saturated rings. The van der Waals surface area contributed by atoms with Gasteiger partial charge in [0.25, 0.3) is 0 Å². The Labute approximate surface area is 146 Å². The molecule has 0 unspecified atom stereocenters. The Balaban J connectivity index is 1.42. The number of fused-ring (bicyclic) bond motifs is 3. The first-order valence-electron chi connectivity index (χ1n) is 9.25. The number of amides is 1. The molecule has 1 amide bonds. The normalized spacial score (nSPS) is 24.7. The smallest absolute Gasteiger partial charge is 0.307 e. The quantitative estimate of drug-likeness (QED) is 0.813. The third kappa shape index (κ3) is 2.21. The molecular weight excluding hydrogens is 316 g/mol. The van der Waals surface area contributed by atoms with Gasteiger partial charge in [-0.1, -0.05) is 18.2 Å². The number of aromatic nitrogens is 1. The van der Waals surface area contributed by atoms with Crippen LogP contribution in [0.4, 0.5) is 0 Å². The fourth-order valence-electron chi connectivity index (χ4n) is 5.03. The Bertz CT molecular complexity index is 863. The molecular formula is C20H22N2O3. The summed E-state index contributed by atoms with van der Waals surface area (Å²) in [4.78, 5) is 30.5. The molecule has 1 aromatic heterocycles. The van der Waals surface area contributed by atoms with Gasteiger partial charge in [0, 0.05) is 23.1 Å². The highest BCUT2D eigenvalue weighted by Crippen LogP contribution is 2.46. The van der Waals surface area contributed by atoms with E-state index in [-0.39, 0.29) is 24.2 Å². The summed E-state index contributed by atoms with van der Waals surface area (Å²) in [5, 5.41) is 1.26. The maximum absolute atomic E-state index is 13.2. The van der Waals surface area contributed by atoms with Crippen LogP contribution in [0.2, 0.25) is 0 Å². The molecule has 1 N–H and O–H groups in total. The molecule has 3 heterocycles. The fourth-order valence-corrected chi connectivity index (χ4v) is 5.03. The van der Waals surface area contributed by atoms with E-state index in [1.54, 1.807) is 0 Å². The fraction of sp³-hybridized carbons (Fsp3) is 0.500. The number of nitrogens with zero attached hydrogens (tertiary/aromatic N) is 1. The van der Waals surface area contributed by atoms with Crippen LogP contribution in [-0.4, -0.2) is 33.9 Å². The number of esters is 1. The lowest BCUT2D eigenvalue weighted by Crippen LogP contribution is -2.46. The van der Waals surface area contributed by atoms with E-state index in [9.17, 15) is 9.59 Å². The Hall–Kier alpha value is -2.30. The van der Waals surface area contributed by atoms with Crippen molar-refractivity contribution in [2.45, 2.75) is 50.7 Å². The van der Waals surface area contributed by atoms with E-state index in [4.69, 9.17) is 4.74 Å². The van der Waals surface area contributed by atoms with E-state index >= 15 is 0 Å². The Kier molecular flexibility index (Phi) is 3.21. The second kappa shape index (κ2) is 5.35. The van der Waals surface area contributed by atoms with E-state index in [0.717, 1.165) is 43.3 Å². The Morgan fingerprint density at radius 3 is 2.88 bits per heavy atom. The topological polar surface area (TPSA) is 62.4 Å². The van der Waals surface area contributed by atoms with Crippen molar-refractivity contribution < 1.29 is 14.3 Å². The van der Waals surface area contributed by atoms with Crippen LogP contribution in [0.3, 0.4) is 0 Å². The van der Waals surface area contributed by atoms with E-state index < -0.39 is 5.60 Å². The molecule has 5 rings (SSSR count). The summed E-state index contributed by atoms with van der Waals surface area (Å²) < 4.78 is 5.66. The minimum Gasteiger partial charge on any atom is -0.458 e. The largest absolute Gasteiger partial charge is 0.458 e. The zero-order chi connectivity index (χ0) is 17.0. The maximum atomic E-state index is 13.2. The Morgan fingerprint density at radius 2 is 2.04 bits per heavy atom. The van der Waals surface area contributed by atoms with Gasteiger partial charge in [0.2, 0.25) is 5.91 Å². The van der Waals surface area contributed by atoms with E-state index in [1.807, 2.05) is 11.0 Å². The maximum Gasteiger partial charge on any atom is 0.307 e. The first-order chi connectivity index (χ1) is 12.2. The average molecular weight is 338 g/mol. The van der Waals surface area contributed by atoms with Gasteiger partial charge >= 0.3 is 5.97 Å². The summed E-state index contributed by atoms with van der Waals surface area (Å²) >= 11 is 0. The number of H-pyrrole nitrogens is 1. The van der Waals surface area contributed by atoms with Gasteiger partial charge in [-0.15, -0.1) is 0 Å². The molecule has 2 aliphatic heterocycles. The highest BCUT2D eigenvalue weighted by Gasteiger charge is 2.55. The van der Waals surface area contributed by atoms with Gasteiger partial charge in [-0.2, -0.15) is 0 Å². The number of benzene rings is 1. The molecule has 5 heteroatoms. The second-order valence-electron chi connectivity index (χ2n) is 7.64. The predicted molar refractivity (Wildman–Crippen MR) is 92.8 cm³/mol. The summed E-state index contributed by atoms with van der Waals surface area (Å²) in [7, 11) is 0. The van der Waals surface area contributed by atoms with Crippen LogP contribution in [0.1, 0.15) is 43.4 Å². The molecule has 1 saturated heterocycles. The van der Waals surface area contributed by atoms with Gasteiger partial charge in [-0.3, -0.25) is 9.59 Å². The van der Waals surface area contributed by atoms with Crippen LogP contribution < -0.4 is 0 Å². The number of carbonyl (C=O) groups is 2. The van der Waals surface area contributed by atoms with Crippen LogP contribution in [0.25, 0.3) is 10.9 Å². The first-order valence-corrected chi connectivity index (χ1v) is 9.25. The molecule has 3 aliphatic rings. The highest BCUT2D eigenvalue weighted by atomic mass is 16.6. The number of hydrogen-bond acceptors (Lipinski definition) is 3. The van der Waals surface area contributed by atoms with E-state index in [0.29, 0.717) is 13.1 Å². The van der Waals surface area contributed by atoms with Gasteiger partial charge in [0.15, 0.2) is 0 Å². The van der Waals surface area contributed by atoms with Crippen molar-refractivity contribution in [3.8, 4) is 0 Å².